The smallest absolute Gasteiger partial charge is 0.251 e. The Balaban J connectivity index is 1.60. The highest BCUT2D eigenvalue weighted by atomic mass is 16.5. The quantitative estimate of drug-likeness (QED) is 0.790. The number of carbonyl (C=O) groups excluding carboxylic acids is 1. The predicted molar refractivity (Wildman–Crippen MR) is 84.6 cm³/mol. The molecule has 116 valence electrons. The molecule has 1 atom stereocenters. The summed E-state index contributed by atoms with van der Waals surface area (Å²) in [5, 5.41) is 6.26. The first-order chi connectivity index (χ1) is 9.96. The molecule has 1 amide bonds. The molecule has 4 nitrogen and oxygen atoms in total. The van der Waals surface area contributed by atoms with Gasteiger partial charge in [-0.3, -0.25) is 4.79 Å². The standard InChI is InChI=1S/C17H26N2O2/c1-13-4-6-14(7-5-13)16(20)19-11-10-18-12-15-8-9-17(2,3)21-15/h4-7,15,18H,8-12H2,1-3H3,(H,19,20). The summed E-state index contributed by atoms with van der Waals surface area (Å²) in [7, 11) is 0. The van der Waals surface area contributed by atoms with Crippen LogP contribution in [0.25, 0.3) is 0 Å². The molecule has 1 aromatic carbocycles. The first kappa shape index (κ1) is 16.0. The molecule has 1 fully saturated rings. The van der Waals surface area contributed by atoms with Gasteiger partial charge in [0.2, 0.25) is 0 Å². The summed E-state index contributed by atoms with van der Waals surface area (Å²) in [5.74, 6) is -0.0185. The van der Waals surface area contributed by atoms with Gasteiger partial charge in [0.05, 0.1) is 11.7 Å². The first-order valence-corrected chi connectivity index (χ1v) is 7.70. The molecule has 0 saturated carbocycles. The summed E-state index contributed by atoms with van der Waals surface area (Å²) < 4.78 is 5.91. The Kier molecular flexibility index (Phi) is 5.37. The third-order valence-corrected chi connectivity index (χ3v) is 3.83. The molecule has 1 heterocycles. The van der Waals surface area contributed by atoms with E-state index in [2.05, 4.69) is 24.5 Å². The molecule has 1 aliphatic rings. The van der Waals surface area contributed by atoms with Gasteiger partial charge in [-0.25, -0.2) is 0 Å². The number of aryl methyl sites for hydroxylation is 1. The number of rotatable bonds is 6. The molecule has 1 aliphatic heterocycles. The van der Waals surface area contributed by atoms with Gasteiger partial charge in [0.25, 0.3) is 5.91 Å². The number of carbonyl (C=O) groups is 1. The Labute approximate surface area is 127 Å². The number of benzene rings is 1. The average Bonchev–Trinajstić information content (AvgIpc) is 2.78. The Bertz CT molecular complexity index is 468. The van der Waals surface area contributed by atoms with Crippen LogP contribution in [0, 0.1) is 6.92 Å². The SMILES string of the molecule is Cc1ccc(C(=O)NCCNCC2CCC(C)(C)O2)cc1. The highest BCUT2D eigenvalue weighted by molar-refractivity contribution is 5.94. The first-order valence-electron chi connectivity index (χ1n) is 7.70. The number of amides is 1. The number of ether oxygens (including phenoxy) is 1. The lowest BCUT2D eigenvalue weighted by atomic mass is 10.1. The molecular weight excluding hydrogens is 264 g/mol. The Hall–Kier alpha value is -1.39. The van der Waals surface area contributed by atoms with Crippen LogP contribution in [0.1, 0.15) is 42.6 Å². The summed E-state index contributed by atoms with van der Waals surface area (Å²) in [6.45, 7) is 8.52. The largest absolute Gasteiger partial charge is 0.371 e. The van der Waals surface area contributed by atoms with Crippen molar-refractivity contribution in [1.82, 2.24) is 10.6 Å². The van der Waals surface area contributed by atoms with E-state index in [0.717, 1.165) is 31.5 Å². The average molecular weight is 290 g/mol. The summed E-state index contributed by atoms with van der Waals surface area (Å²) in [5.41, 5.74) is 1.89. The Morgan fingerprint density at radius 2 is 2.00 bits per heavy atom. The molecular formula is C17H26N2O2. The minimum absolute atomic E-state index is 0.0185. The van der Waals surface area contributed by atoms with E-state index in [-0.39, 0.29) is 11.5 Å². The molecule has 1 saturated heterocycles. The van der Waals surface area contributed by atoms with E-state index in [9.17, 15) is 4.79 Å². The van der Waals surface area contributed by atoms with Gasteiger partial charge in [-0.1, -0.05) is 17.7 Å². The number of hydrogen-bond acceptors (Lipinski definition) is 3. The van der Waals surface area contributed by atoms with Crippen LogP contribution in [0.5, 0.6) is 0 Å². The lowest BCUT2D eigenvalue weighted by Crippen LogP contribution is -2.35. The third kappa shape index (κ3) is 5.14. The fourth-order valence-corrected chi connectivity index (χ4v) is 2.56. The van der Waals surface area contributed by atoms with Gasteiger partial charge >= 0.3 is 0 Å². The normalized spacial score (nSPS) is 20.4. The molecule has 0 radical (unpaired) electrons. The summed E-state index contributed by atoms with van der Waals surface area (Å²) in [6, 6.07) is 7.61. The van der Waals surface area contributed by atoms with E-state index in [4.69, 9.17) is 4.74 Å². The van der Waals surface area contributed by atoms with Gasteiger partial charge in [0.1, 0.15) is 0 Å². The molecule has 1 unspecified atom stereocenters. The minimum atomic E-state index is -0.0185. The lowest BCUT2D eigenvalue weighted by Gasteiger charge is -2.19. The zero-order valence-electron chi connectivity index (χ0n) is 13.2. The summed E-state index contributed by atoms with van der Waals surface area (Å²) >= 11 is 0. The highest BCUT2D eigenvalue weighted by Crippen LogP contribution is 2.28. The van der Waals surface area contributed by atoms with Crippen molar-refractivity contribution >= 4 is 5.91 Å². The highest BCUT2D eigenvalue weighted by Gasteiger charge is 2.30. The topological polar surface area (TPSA) is 50.4 Å². The van der Waals surface area contributed by atoms with Gasteiger partial charge < -0.3 is 15.4 Å². The third-order valence-electron chi connectivity index (χ3n) is 3.83. The van der Waals surface area contributed by atoms with Crippen molar-refractivity contribution in [2.45, 2.75) is 45.3 Å². The lowest BCUT2D eigenvalue weighted by molar-refractivity contribution is -0.0140. The van der Waals surface area contributed by atoms with Crippen molar-refractivity contribution in [2.75, 3.05) is 19.6 Å². The van der Waals surface area contributed by atoms with Gasteiger partial charge in [-0.2, -0.15) is 0 Å². The van der Waals surface area contributed by atoms with Crippen LogP contribution >= 0.6 is 0 Å². The fraction of sp³-hybridized carbons (Fsp3) is 0.588. The maximum absolute atomic E-state index is 11.9. The summed E-state index contributed by atoms with van der Waals surface area (Å²) in [6.07, 6.45) is 2.52. The molecule has 2 rings (SSSR count). The van der Waals surface area contributed by atoms with E-state index >= 15 is 0 Å². The van der Waals surface area contributed by atoms with Gasteiger partial charge in [0, 0.05) is 25.2 Å². The second-order valence-corrected chi connectivity index (χ2v) is 6.36. The van der Waals surface area contributed by atoms with Crippen molar-refractivity contribution in [3.63, 3.8) is 0 Å². The van der Waals surface area contributed by atoms with Crippen molar-refractivity contribution < 1.29 is 9.53 Å². The van der Waals surface area contributed by atoms with E-state index in [0.29, 0.717) is 18.2 Å². The van der Waals surface area contributed by atoms with Crippen LogP contribution in [0.3, 0.4) is 0 Å². The summed E-state index contributed by atoms with van der Waals surface area (Å²) in [4.78, 5) is 11.9. The van der Waals surface area contributed by atoms with Crippen LogP contribution in [-0.2, 0) is 4.74 Å². The van der Waals surface area contributed by atoms with E-state index in [1.807, 2.05) is 31.2 Å². The van der Waals surface area contributed by atoms with Crippen LogP contribution in [0.4, 0.5) is 0 Å². The van der Waals surface area contributed by atoms with Crippen molar-refractivity contribution in [2.24, 2.45) is 0 Å². The molecule has 2 N–H and O–H groups in total. The second-order valence-electron chi connectivity index (χ2n) is 6.36. The van der Waals surface area contributed by atoms with Crippen LogP contribution in [-0.4, -0.2) is 37.2 Å². The van der Waals surface area contributed by atoms with Gasteiger partial charge in [0.15, 0.2) is 0 Å². The monoisotopic (exact) mass is 290 g/mol. The molecule has 0 spiro atoms. The minimum Gasteiger partial charge on any atom is -0.371 e. The molecule has 1 aromatic rings. The van der Waals surface area contributed by atoms with E-state index in [1.165, 1.54) is 0 Å². The maximum atomic E-state index is 11.9. The zero-order valence-corrected chi connectivity index (χ0v) is 13.2. The molecule has 0 aliphatic carbocycles. The van der Waals surface area contributed by atoms with Crippen LogP contribution in [0.15, 0.2) is 24.3 Å². The molecule has 0 bridgehead atoms. The predicted octanol–water partition coefficient (Wildman–Crippen LogP) is 2.27. The molecule has 21 heavy (non-hydrogen) atoms. The van der Waals surface area contributed by atoms with Crippen LogP contribution in [0.2, 0.25) is 0 Å². The molecule has 0 aromatic heterocycles. The zero-order chi connectivity index (χ0) is 15.3. The fourth-order valence-electron chi connectivity index (χ4n) is 2.56. The van der Waals surface area contributed by atoms with E-state index < -0.39 is 0 Å². The van der Waals surface area contributed by atoms with Crippen LogP contribution < -0.4 is 10.6 Å². The van der Waals surface area contributed by atoms with Crippen molar-refractivity contribution in [3.05, 3.63) is 35.4 Å². The van der Waals surface area contributed by atoms with E-state index in [1.54, 1.807) is 0 Å². The van der Waals surface area contributed by atoms with Gasteiger partial charge in [-0.05, 0) is 45.7 Å². The number of hydrogen-bond donors (Lipinski definition) is 2. The Morgan fingerprint density at radius 3 is 2.62 bits per heavy atom. The maximum Gasteiger partial charge on any atom is 0.251 e. The van der Waals surface area contributed by atoms with Crippen molar-refractivity contribution in [3.8, 4) is 0 Å². The second kappa shape index (κ2) is 7.05. The Morgan fingerprint density at radius 1 is 1.29 bits per heavy atom. The number of nitrogens with one attached hydrogen (secondary N) is 2. The van der Waals surface area contributed by atoms with Crippen molar-refractivity contribution in [1.29, 1.82) is 0 Å². The van der Waals surface area contributed by atoms with Gasteiger partial charge in [-0.15, -0.1) is 0 Å². The molecule has 4 heteroatoms.